The van der Waals surface area contributed by atoms with Gasteiger partial charge in [-0.3, -0.25) is 9.10 Å². The van der Waals surface area contributed by atoms with E-state index >= 15 is 0 Å². The molecule has 0 atom stereocenters. The van der Waals surface area contributed by atoms with E-state index in [-0.39, 0.29) is 4.90 Å². The Morgan fingerprint density at radius 3 is 2.40 bits per heavy atom. The molecular formula is C27H23ClN2O4S. The van der Waals surface area contributed by atoms with Crippen LogP contribution in [-0.2, 0) is 27.7 Å². The third kappa shape index (κ3) is 4.45. The summed E-state index contributed by atoms with van der Waals surface area (Å²) >= 11 is 6.15. The molecule has 4 aromatic rings. The number of halogens is 1. The van der Waals surface area contributed by atoms with Gasteiger partial charge in [-0.25, -0.2) is 8.42 Å². The molecule has 1 aliphatic rings. The van der Waals surface area contributed by atoms with Crippen LogP contribution in [0.4, 0.5) is 11.4 Å². The number of nitrogens with zero attached hydrogens (tertiary/aromatic N) is 1. The summed E-state index contributed by atoms with van der Waals surface area (Å²) in [5, 5.41) is 5.42. The first kappa shape index (κ1) is 23.2. The van der Waals surface area contributed by atoms with Crippen molar-refractivity contribution >= 4 is 49.7 Å². The van der Waals surface area contributed by atoms with Crippen LogP contribution in [0.5, 0.6) is 5.75 Å². The van der Waals surface area contributed by atoms with Crippen molar-refractivity contribution in [3.63, 3.8) is 0 Å². The van der Waals surface area contributed by atoms with Gasteiger partial charge in [0.1, 0.15) is 12.3 Å². The number of nitrogens with one attached hydrogen (secondary N) is 1. The van der Waals surface area contributed by atoms with Crippen LogP contribution >= 0.6 is 11.6 Å². The van der Waals surface area contributed by atoms with Crippen LogP contribution in [0, 0.1) is 0 Å². The Kier molecular flexibility index (Phi) is 6.13. The van der Waals surface area contributed by atoms with Crippen LogP contribution in [0.1, 0.15) is 11.1 Å². The van der Waals surface area contributed by atoms with Crippen molar-refractivity contribution in [3.8, 4) is 5.75 Å². The summed E-state index contributed by atoms with van der Waals surface area (Å²) in [4.78, 5) is 13.3. The summed E-state index contributed by atoms with van der Waals surface area (Å²) in [6, 6.07) is 22.4. The van der Waals surface area contributed by atoms with E-state index in [2.05, 4.69) is 11.4 Å². The summed E-state index contributed by atoms with van der Waals surface area (Å²) in [5.74, 6) is 0.0730. The maximum absolute atomic E-state index is 13.6. The molecule has 5 rings (SSSR count). The van der Waals surface area contributed by atoms with Crippen molar-refractivity contribution in [2.45, 2.75) is 17.7 Å². The van der Waals surface area contributed by atoms with Gasteiger partial charge in [0.2, 0.25) is 5.91 Å². The highest BCUT2D eigenvalue weighted by atomic mass is 35.5. The number of sulfonamides is 1. The van der Waals surface area contributed by atoms with Crippen LogP contribution in [0.2, 0.25) is 5.02 Å². The van der Waals surface area contributed by atoms with Crippen molar-refractivity contribution in [3.05, 3.63) is 95.0 Å². The van der Waals surface area contributed by atoms with Gasteiger partial charge in [0.15, 0.2) is 0 Å². The Morgan fingerprint density at radius 2 is 1.69 bits per heavy atom. The largest absolute Gasteiger partial charge is 0.497 e. The topological polar surface area (TPSA) is 75.7 Å². The first-order valence-corrected chi connectivity index (χ1v) is 12.9. The molecule has 0 spiro atoms. The lowest BCUT2D eigenvalue weighted by Crippen LogP contribution is -2.38. The number of aryl methyl sites for hydroxylation is 2. The van der Waals surface area contributed by atoms with E-state index in [1.165, 1.54) is 41.8 Å². The maximum atomic E-state index is 13.6. The Labute approximate surface area is 209 Å². The number of carbonyl (C=O) groups excluding carboxylic acids is 1. The van der Waals surface area contributed by atoms with E-state index in [1.54, 1.807) is 30.3 Å². The molecule has 8 heteroatoms. The zero-order valence-corrected chi connectivity index (χ0v) is 20.6. The van der Waals surface area contributed by atoms with Gasteiger partial charge in [-0.1, -0.05) is 41.9 Å². The minimum atomic E-state index is -4.07. The normalized spacial score (nSPS) is 12.5. The summed E-state index contributed by atoms with van der Waals surface area (Å²) < 4.78 is 33.4. The Morgan fingerprint density at radius 1 is 0.971 bits per heavy atom. The summed E-state index contributed by atoms with van der Waals surface area (Å²) in [6.07, 6.45) is 1.96. The average molecular weight is 507 g/mol. The zero-order chi connectivity index (χ0) is 24.6. The molecule has 0 aliphatic heterocycles. The fourth-order valence-corrected chi connectivity index (χ4v) is 6.09. The van der Waals surface area contributed by atoms with E-state index < -0.39 is 22.5 Å². The van der Waals surface area contributed by atoms with Crippen LogP contribution in [0.25, 0.3) is 10.8 Å². The van der Waals surface area contributed by atoms with E-state index in [0.717, 1.165) is 22.5 Å². The van der Waals surface area contributed by atoms with E-state index in [1.807, 2.05) is 24.3 Å². The molecule has 178 valence electrons. The fourth-order valence-electron chi connectivity index (χ4n) is 4.50. The maximum Gasteiger partial charge on any atom is 0.264 e. The fraction of sp³-hybridized carbons (Fsp3) is 0.148. The molecule has 0 aromatic heterocycles. The van der Waals surface area contributed by atoms with Crippen molar-refractivity contribution in [1.29, 1.82) is 0 Å². The summed E-state index contributed by atoms with van der Waals surface area (Å²) in [5.41, 5.74) is 3.47. The number of anilines is 2. The Balaban J connectivity index is 1.49. The first-order chi connectivity index (χ1) is 16.9. The van der Waals surface area contributed by atoms with Gasteiger partial charge in [-0.05, 0) is 77.9 Å². The van der Waals surface area contributed by atoms with Gasteiger partial charge < -0.3 is 10.1 Å². The van der Waals surface area contributed by atoms with Crippen molar-refractivity contribution in [2.75, 3.05) is 23.3 Å². The van der Waals surface area contributed by atoms with E-state index in [9.17, 15) is 13.2 Å². The first-order valence-electron chi connectivity index (χ1n) is 11.1. The molecule has 0 fully saturated rings. The molecule has 0 saturated heterocycles. The molecule has 0 bridgehead atoms. The lowest BCUT2D eigenvalue weighted by molar-refractivity contribution is -0.114. The number of hydrogen-bond donors (Lipinski definition) is 1. The molecule has 4 aromatic carbocycles. The second-order valence-electron chi connectivity index (χ2n) is 8.33. The molecule has 35 heavy (non-hydrogen) atoms. The number of carbonyl (C=O) groups is 1. The number of methoxy groups -OCH3 is 1. The number of benzene rings is 4. The number of ether oxygens (including phenoxy) is 1. The Hall–Kier alpha value is -3.55. The predicted molar refractivity (Wildman–Crippen MR) is 139 cm³/mol. The molecule has 6 nitrogen and oxygen atoms in total. The van der Waals surface area contributed by atoms with Gasteiger partial charge in [-0.15, -0.1) is 0 Å². The van der Waals surface area contributed by atoms with Gasteiger partial charge >= 0.3 is 0 Å². The minimum Gasteiger partial charge on any atom is -0.497 e. The standard InChI is InChI=1S/C27H23ClN2O4S/c1-34-22-11-13-23(14-12-22)35(32,33)30(21-6-3-5-20(28)16-21)17-26(31)29-25-15-10-19-9-8-18-4-2-7-24(25)27(18)19/h2-7,10-16H,8-9,17H2,1H3,(H,29,31). The van der Waals surface area contributed by atoms with Crippen molar-refractivity contribution in [2.24, 2.45) is 0 Å². The number of rotatable bonds is 7. The van der Waals surface area contributed by atoms with Gasteiger partial charge in [0.05, 0.1) is 17.7 Å². The molecule has 0 unspecified atom stereocenters. The summed E-state index contributed by atoms with van der Waals surface area (Å²) in [7, 11) is -2.56. The average Bonchev–Trinajstić information content (AvgIpc) is 3.29. The van der Waals surface area contributed by atoms with Crippen LogP contribution in [0.15, 0.2) is 83.8 Å². The molecule has 1 amide bonds. The number of hydrogen-bond acceptors (Lipinski definition) is 4. The lowest BCUT2D eigenvalue weighted by Gasteiger charge is -2.24. The molecule has 0 heterocycles. The second-order valence-corrected chi connectivity index (χ2v) is 10.6. The highest BCUT2D eigenvalue weighted by Gasteiger charge is 2.28. The molecular weight excluding hydrogens is 484 g/mol. The van der Waals surface area contributed by atoms with E-state index in [4.69, 9.17) is 16.3 Å². The van der Waals surface area contributed by atoms with Crippen LogP contribution in [0.3, 0.4) is 0 Å². The zero-order valence-electron chi connectivity index (χ0n) is 19.0. The lowest BCUT2D eigenvalue weighted by atomic mass is 10.0. The Bertz CT molecular complexity index is 1520. The van der Waals surface area contributed by atoms with Gasteiger partial charge in [-0.2, -0.15) is 0 Å². The van der Waals surface area contributed by atoms with Gasteiger partial charge in [0, 0.05) is 16.1 Å². The molecule has 1 N–H and O–H groups in total. The SMILES string of the molecule is COc1ccc(S(=O)(=O)N(CC(=O)Nc2ccc3c4c(cccc24)CC3)c2cccc(Cl)c2)cc1. The van der Waals surface area contributed by atoms with Crippen molar-refractivity contribution < 1.29 is 17.9 Å². The monoisotopic (exact) mass is 506 g/mol. The van der Waals surface area contributed by atoms with Crippen LogP contribution < -0.4 is 14.4 Å². The second kappa shape index (κ2) is 9.24. The molecule has 1 aliphatic carbocycles. The quantitative estimate of drug-likeness (QED) is 0.362. The smallest absolute Gasteiger partial charge is 0.264 e. The molecule has 0 radical (unpaired) electrons. The van der Waals surface area contributed by atoms with Crippen molar-refractivity contribution in [1.82, 2.24) is 0 Å². The highest BCUT2D eigenvalue weighted by molar-refractivity contribution is 7.92. The third-order valence-corrected chi connectivity index (χ3v) is 8.20. The molecule has 0 saturated carbocycles. The predicted octanol–water partition coefficient (Wildman–Crippen LogP) is 5.43. The summed E-state index contributed by atoms with van der Waals surface area (Å²) in [6.45, 7) is -0.419. The minimum absolute atomic E-state index is 0.0383. The third-order valence-electron chi connectivity index (χ3n) is 6.18. The number of amides is 1. The highest BCUT2D eigenvalue weighted by Crippen LogP contribution is 2.35. The van der Waals surface area contributed by atoms with Gasteiger partial charge in [0.25, 0.3) is 10.0 Å². The van der Waals surface area contributed by atoms with Crippen LogP contribution in [-0.4, -0.2) is 28.0 Å². The van der Waals surface area contributed by atoms with E-state index in [0.29, 0.717) is 22.1 Å².